The van der Waals surface area contributed by atoms with E-state index in [-0.39, 0.29) is 18.8 Å². The van der Waals surface area contributed by atoms with Gasteiger partial charge in [0.2, 0.25) is 5.91 Å². The number of anilines is 1. The topological polar surface area (TPSA) is 59.0 Å². The third-order valence-corrected chi connectivity index (χ3v) is 2.63. The standard InChI is InChI=1S/C10H12F4N4O/c11-6-3-7(15-4-6)9(19)16-8-1-2-18(17-8)5-10(12,13)14/h1-2,6-7,15H,3-5H2,(H,16,17,19)/t6-,7+/m1/s1. The van der Waals surface area contributed by atoms with Gasteiger partial charge in [0.25, 0.3) is 0 Å². The summed E-state index contributed by atoms with van der Waals surface area (Å²) < 4.78 is 49.9. The predicted octanol–water partition coefficient (Wildman–Crippen LogP) is 1.08. The lowest BCUT2D eigenvalue weighted by molar-refractivity contribution is -0.142. The molecule has 1 aliphatic heterocycles. The van der Waals surface area contributed by atoms with E-state index in [4.69, 9.17) is 0 Å². The maximum atomic E-state index is 12.9. The number of nitrogens with zero attached hydrogens (tertiary/aromatic N) is 2. The average molecular weight is 280 g/mol. The molecule has 1 aliphatic rings. The van der Waals surface area contributed by atoms with Crippen LogP contribution in [0.2, 0.25) is 0 Å². The first-order chi connectivity index (χ1) is 8.83. The number of aromatic nitrogens is 2. The first-order valence-corrected chi connectivity index (χ1v) is 5.62. The van der Waals surface area contributed by atoms with Gasteiger partial charge in [0.15, 0.2) is 5.82 Å². The minimum Gasteiger partial charge on any atom is -0.308 e. The summed E-state index contributed by atoms with van der Waals surface area (Å²) in [7, 11) is 0. The number of nitrogens with one attached hydrogen (secondary N) is 2. The van der Waals surface area contributed by atoms with Gasteiger partial charge in [-0.3, -0.25) is 9.48 Å². The summed E-state index contributed by atoms with van der Waals surface area (Å²) in [5, 5.41) is 8.58. The molecular weight excluding hydrogens is 268 g/mol. The van der Waals surface area contributed by atoms with Crippen LogP contribution in [0.5, 0.6) is 0 Å². The van der Waals surface area contributed by atoms with E-state index in [0.29, 0.717) is 4.68 Å². The van der Waals surface area contributed by atoms with Gasteiger partial charge in [-0.25, -0.2) is 4.39 Å². The number of carbonyl (C=O) groups is 1. The van der Waals surface area contributed by atoms with Crippen molar-refractivity contribution in [2.75, 3.05) is 11.9 Å². The molecule has 1 amide bonds. The van der Waals surface area contributed by atoms with Crippen molar-refractivity contribution in [2.24, 2.45) is 0 Å². The van der Waals surface area contributed by atoms with Crippen LogP contribution in [0.4, 0.5) is 23.4 Å². The number of halogens is 4. The van der Waals surface area contributed by atoms with Gasteiger partial charge in [0, 0.05) is 25.2 Å². The maximum absolute atomic E-state index is 12.9. The van der Waals surface area contributed by atoms with Crippen LogP contribution in [0, 0.1) is 0 Å². The van der Waals surface area contributed by atoms with Gasteiger partial charge in [-0.15, -0.1) is 0 Å². The Morgan fingerprint density at radius 1 is 1.58 bits per heavy atom. The largest absolute Gasteiger partial charge is 0.408 e. The summed E-state index contributed by atoms with van der Waals surface area (Å²) in [4.78, 5) is 11.6. The molecule has 0 spiro atoms. The second kappa shape index (κ2) is 5.16. The van der Waals surface area contributed by atoms with Gasteiger partial charge in [0.05, 0.1) is 6.04 Å². The third-order valence-electron chi connectivity index (χ3n) is 2.63. The van der Waals surface area contributed by atoms with Crippen LogP contribution in [-0.4, -0.2) is 40.6 Å². The van der Waals surface area contributed by atoms with Crippen molar-refractivity contribution in [3.8, 4) is 0 Å². The monoisotopic (exact) mass is 280 g/mol. The van der Waals surface area contributed by atoms with Crippen molar-refractivity contribution < 1.29 is 22.4 Å². The highest BCUT2D eigenvalue weighted by Crippen LogP contribution is 2.18. The van der Waals surface area contributed by atoms with Crippen LogP contribution < -0.4 is 10.6 Å². The second-order valence-electron chi connectivity index (χ2n) is 4.30. The van der Waals surface area contributed by atoms with Crippen molar-refractivity contribution in [1.82, 2.24) is 15.1 Å². The first-order valence-electron chi connectivity index (χ1n) is 5.62. The first kappa shape index (κ1) is 13.8. The second-order valence-corrected chi connectivity index (χ2v) is 4.30. The molecule has 2 N–H and O–H groups in total. The lowest BCUT2D eigenvalue weighted by Gasteiger charge is -2.09. The molecule has 106 valence electrons. The van der Waals surface area contributed by atoms with E-state index in [0.717, 1.165) is 6.20 Å². The molecule has 9 heteroatoms. The number of alkyl halides is 4. The quantitative estimate of drug-likeness (QED) is 0.815. The smallest absolute Gasteiger partial charge is 0.308 e. The predicted molar refractivity (Wildman–Crippen MR) is 58.2 cm³/mol. The molecule has 1 aromatic heterocycles. The lowest BCUT2D eigenvalue weighted by Crippen LogP contribution is -2.35. The Labute approximate surface area is 106 Å². The zero-order chi connectivity index (χ0) is 14.0. The highest BCUT2D eigenvalue weighted by molar-refractivity contribution is 5.94. The summed E-state index contributed by atoms with van der Waals surface area (Å²) >= 11 is 0. The third kappa shape index (κ3) is 3.91. The van der Waals surface area contributed by atoms with Crippen LogP contribution in [0.25, 0.3) is 0 Å². The molecule has 1 saturated heterocycles. The number of carbonyl (C=O) groups excluding carboxylic acids is 1. The van der Waals surface area contributed by atoms with Gasteiger partial charge >= 0.3 is 6.18 Å². The molecule has 2 atom stereocenters. The zero-order valence-electron chi connectivity index (χ0n) is 9.75. The fraction of sp³-hybridized carbons (Fsp3) is 0.600. The summed E-state index contributed by atoms with van der Waals surface area (Å²) in [5.74, 6) is -0.490. The van der Waals surface area contributed by atoms with Gasteiger partial charge in [-0.2, -0.15) is 18.3 Å². The number of hydrogen-bond donors (Lipinski definition) is 2. The molecule has 0 saturated carbocycles. The van der Waals surface area contributed by atoms with Crippen molar-refractivity contribution in [2.45, 2.75) is 31.4 Å². The SMILES string of the molecule is O=C(Nc1ccn(CC(F)(F)F)n1)[C@@H]1C[C@@H](F)CN1. The normalized spacial score (nSPS) is 23.6. The summed E-state index contributed by atoms with van der Waals surface area (Å²) in [6.45, 7) is -1.13. The minimum absolute atomic E-state index is 0.0124. The van der Waals surface area contributed by atoms with E-state index in [2.05, 4.69) is 15.7 Å². The van der Waals surface area contributed by atoms with Crippen molar-refractivity contribution in [1.29, 1.82) is 0 Å². The maximum Gasteiger partial charge on any atom is 0.408 e. The van der Waals surface area contributed by atoms with E-state index >= 15 is 0 Å². The Morgan fingerprint density at radius 3 is 2.89 bits per heavy atom. The van der Waals surface area contributed by atoms with Crippen molar-refractivity contribution in [3.63, 3.8) is 0 Å². The fourth-order valence-corrected chi connectivity index (χ4v) is 1.81. The molecule has 1 aromatic rings. The molecule has 5 nitrogen and oxygen atoms in total. The van der Waals surface area contributed by atoms with E-state index in [9.17, 15) is 22.4 Å². The molecular formula is C10H12F4N4O. The highest BCUT2D eigenvalue weighted by atomic mass is 19.4. The van der Waals surface area contributed by atoms with Crippen LogP contribution in [0.15, 0.2) is 12.3 Å². The van der Waals surface area contributed by atoms with Gasteiger partial charge in [-0.1, -0.05) is 0 Å². The van der Waals surface area contributed by atoms with E-state index < -0.39 is 30.8 Å². The molecule has 2 heterocycles. The van der Waals surface area contributed by atoms with Gasteiger partial charge < -0.3 is 10.6 Å². The molecule has 0 aromatic carbocycles. The Kier molecular flexibility index (Phi) is 3.74. The average Bonchev–Trinajstić information content (AvgIpc) is 2.85. The van der Waals surface area contributed by atoms with Crippen LogP contribution in [-0.2, 0) is 11.3 Å². The van der Waals surface area contributed by atoms with E-state index in [1.807, 2.05) is 0 Å². The fourth-order valence-electron chi connectivity index (χ4n) is 1.81. The van der Waals surface area contributed by atoms with Gasteiger partial charge in [0.1, 0.15) is 12.7 Å². The number of rotatable bonds is 3. The molecule has 2 rings (SSSR count). The van der Waals surface area contributed by atoms with Crippen LogP contribution >= 0.6 is 0 Å². The zero-order valence-corrected chi connectivity index (χ0v) is 9.75. The van der Waals surface area contributed by atoms with Crippen LogP contribution in [0.3, 0.4) is 0 Å². The summed E-state index contributed by atoms with van der Waals surface area (Å²) in [6, 6.07) is 0.577. The Bertz CT molecular complexity index is 459. The molecule has 19 heavy (non-hydrogen) atoms. The van der Waals surface area contributed by atoms with Crippen molar-refractivity contribution in [3.05, 3.63) is 12.3 Å². The Hall–Kier alpha value is -1.64. The number of hydrogen-bond acceptors (Lipinski definition) is 3. The molecule has 0 bridgehead atoms. The lowest BCUT2D eigenvalue weighted by atomic mass is 10.2. The van der Waals surface area contributed by atoms with Crippen LogP contribution in [0.1, 0.15) is 6.42 Å². The molecule has 0 unspecified atom stereocenters. The Balaban J connectivity index is 1.91. The minimum atomic E-state index is -4.37. The van der Waals surface area contributed by atoms with Crippen molar-refractivity contribution >= 4 is 11.7 Å². The molecule has 0 aliphatic carbocycles. The van der Waals surface area contributed by atoms with E-state index in [1.165, 1.54) is 6.07 Å². The molecule has 0 radical (unpaired) electrons. The Morgan fingerprint density at radius 2 is 2.32 bits per heavy atom. The highest BCUT2D eigenvalue weighted by Gasteiger charge is 2.30. The number of amides is 1. The summed E-state index contributed by atoms with van der Waals surface area (Å²) in [5.41, 5.74) is 0. The molecule has 1 fully saturated rings. The summed E-state index contributed by atoms with van der Waals surface area (Å²) in [6.07, 6.45) is -4.29. The van der Waals surface area contributed by atoms with Gasteiger partial charge in [-0.05, 0) is 0 Å². The van der Waals surface area contributed by atoms with E-state index in [1.54, 1.807) is 0 Å².